The van der Waals surface area contributed by atoms with Crippen molar-refractivity contribution in [3.05, 3.63) is 46.2 Å². The molecule has 1 aromatic carbocycles. The van der Waals surface area contributed by atoms with Crippen molar-refractivity contribution in [2.45, 2.75) is 20.8 Å². The summed E-state index contributed by atoms with van der Waals surface area (Å²) in [5, 5.41) is 7.53. The van der Waals surface area contributed by atoms with E-state index in [1.54, 1.807) is 35.9 Å². The normalized spacial score (nSPS) is 10.4. The smallest absolute Gasteiger partial charge is 0.338 e. The van der Waals surface area contributed by atoms with Gasteiger partial charge in [0.1, 0.15) is 0 Å². The highest BCUT2D eigenvalue weighted by molar-refractivity contribution is 6.31. The number of rotatable bonds is 5. The number of amides is 1. The maximum absolute atomic E-state index is 11.9. The van der Waals surface area contributed by atoms with Crippen LogP contribution in [0, 0.1) is 13.8 Å². The van der Waals surface area contributed by atoms with E-state index in [2.05, 4.69) is 10.4 Å². The monoisotopic (exact) mass is 335 g/mol. The van der Waals surface area contributed by atoms with Crippen molar-refractivity contribution < 1.29 is 14.3 Å². The largest absolute Gasteiger partial charge is 0.452 e. The Morgan fingerprint density at radius 3 is 2.43 bits per heavy atom. The highest BCUT2D eigenvalue weighted by atomic mass is 35.5. The minimum absolute atomic E-state index is 0.290. The van der Waals surface area contributed by atoms with Gasteiger partial charge in [0.25, 0.3) is 5.91 Å². The number of benzene rings is 1. The molecule has 0 radical (unpaired) electrons. The first-order valence-electron chi connectivity index (χ1n) is 7.20. The van der Waals surface area contributed by atoms with Gasteiger partial charge in [0.05, 0.1) is 27.7 Å². The second kappa shape index (κ2) is 7.28. The molecule has 0 atom stereocenters. The third kappa shape index (κ3) is 3.90. The van der Waals surface area contributed by atoms with Crippen LogP contribution in [0.15, 0.2) is 24.3 Å². The zero-order valence-electron chi connectivity index (χ0n) is 13.2. The maximum atomic E-state index is 11.9. The first-order chi connectivity index (χ1) is 10.9. The number of ether oxygens (including phenoxy) is 1. The van der Waals surface area contributed by atoms with Crippen LogP contribution in [0.1, 0.15) is 28.7 Å². The van der Waals surface area contributed by atoms with Crippen LogP contribution in [0.5, 0.6) is 0 Å². The summed E-state index contributed by atoms with van der Waals surface area (Å²) in [4.78, 5) is 23.2. The summed E-state index contributed by atoms with van der Waals surface area (Å²) in [5.41, 5.74) is 2.73. The van der Waals surface area contributed by atoms with Crippen LogP contribution in [-0.2, 0) is 9.53 Å². The van der Waals surface area contributed by atoms with Gasteiger partial charge in [0.15, 0.2) is 6.61 Å². The summed E-state index contributed by atoms with van der Waals surface area (Å²) in [6.45, 7) is 5.71. The molecule has 122 valence electrons. The minimum atomic E-state index is -0.547. The molecule has 0 aliphatic carbocycles. The number of nitrogens with one attached hydrogen (secondary N) is 1. The molecule has 6 nitrogen and oxygen atoms in total. The lowest BCUT2D eigenvalue weighted by atomic mass is 10.2. The van der Waals surface area contributed by atoms with Crippen LogP contribution < -0.4 is 5.32 Å². The van der Waals surface area contributed by atoms with Gasteiger partial charge in [0, 0.05) is 6.54 Å². The predicted octanol–water partition coefficient (Wildman–Crippen LogP) is 2.44. The third-order valence-corrected chi connectivity index (χ3v) is 3.81. The zero-order valence-corrected chi connectivity index (χ0v) is 14.0. The first-order valence-corrected chi connectivity index (χ1v) is 7.57. The van der Waals surface area contributed by atoms with E-state index < -0.39 is 5.97 Å². The number of aryl methyl sites for hydroxylation is 1. The van der Waals surface area contributed by atoms with Crippen LogP contribution in [0.2, 0.25) is 5.02 Å². The molecule has 0 saturated heterocycles. The van der Waals surface area contributed by atoms with E-state index in [0.717, 1.165) is 17.1 Å². The number of halogens is 1. The number of likely N-dealkylation sites (N-methyl/N-ethyl adjacent to an activating group) is 1. The summed E-state index contributed by atoms with van der Waals surface area (Å²) in [6, 6.07) is 6.75. The first kappa shape index (κ1) is 17.0. The van der Waals surface area contributed by atoms with Crippen molar-refractivity contribution in [2.24, 2.45) is 0 Å². The van der Waals surface area contributed by atoms with Gasteiger partial charge in [-0.25, -0.2) is 9.48 Å². The molecule has 0 saturated carbocycles. The Bertz CT molecular complexity index is 723. The summed E-state index contributed by atoms with van der Waals surface area (Å²) >= 11 is 6.13. The Morgan fingerprint density at radius 2 is 1.91 bits per heavy atom. The van der Waals surface area contributed by atoms with Gasteiger partial charge in [-0.15, -0.1) is 0 Å². The quantitative estimate of drug-likeness (QED) is 0.852. The van der Waals surface area contributed by atoms with Crippen LogP contribution in [0.4, 0.5) is 0 Å². The molecule has 1 N–H and O–H groups in total. The van der Waals surface area contributed by atoms with Crippen molar-refractivity contribution in [1.82, 2.24) is 15.1 Å². The molecule has 2 aromatic rings. The minimum Gasteiger partial charge on any atom is -0.452 e. The van der Waals surface area contributed by atoms with E-state index in [1.807, 2.05) is 13.8 Å². The average Bonchev–Trinajstić information content (AvgIpc) is 2.80. The highest BCUT2D eigenvalue weighted by Gasteiger charge is 2.13. The van der Waals surface area contributed by atoms with Gasteiger partial charge < -0.3 is 10.1 Å². The molecule has 1 aromatic heterocycles. The van der Waals surface area contributed by atoms with E-state index in [0.29, 0.717) is 17.1 Å². The maximum Gasteiger partial charge on any atom is 0.338 e. The van der Waals surface area contributed by atoms with Crippen LogP contribution in [-0.4, -0.2) is 34.8 Å². The summed E-state index contributed by atoms with van der Waals surface area (Å²) in [5.74, 6) is -0.871. The molecule has 1 heterocycles. The molecule has 23 heavy (non-hydrogen) atoms. The van der Waals surface area contributed by atoms with Crippen molar-refractivity contribution in [2.75, 3.05) is 13.2 Å². The lowest BCUT2D eigenvalue weighted by Crippen LogP contribution is -2.28. The summed E-state index contributed by atoms with van der Waals surface area (Å²) in [6.07, 6.45) is 0. The molecule has 0 unspecified atom stereocenters. The van der Waals surface area contributed by atoms with Gasteiger partial charge in [-0.05, 0) is 45.0 Å². The van der Waals surface area contributed by atoms with Gasteiger partial charge in [-0.3, -0.25) is 4.79 Å². The SMILES string of the molecule is CCNC(=O)COC(=O)c1ccc(-n2nc(C)c(Cl)c2C)cc1. The number of aromatic nitrogens is 2. The highest BCUT2D eigenvalue weighted by Crippen LogP contribution is 2.22. The van der Waals surface area contributed by atoms with Crippen molar-refractivity contribution in [3.63, 3.8) is 0 Å². The predicted molar refractivity (Wildman–Crippen MR) is 87.0 cm³/mol. The Kier molecular flexibility index (Phi) is 5.39. The number of nitrogens with zero attached hydrogens (tertiary/aromatic N) is 2. The Morgan fingerprint density at radius 1 is 1.26 bits per heavy atom. The average molecular weight is 336 g/mol. The summed E-state index contributed by atoms with van der Waals surface area (Å²) < 4.78 is 6.65. The molecule has 0 aliphatic rings. The Hall–Kier alpha value is -2.34. The number of hydrogen-bond acceptors (Lipinski definition) is 4. The molecule has 0 bridgehead atoms. The van der Waals surface area contributed by atoms with E-state index in [4.69, 9.17) is 16.3 Å². The molecule has 0 fully saturated rings. The number of carbonyl (C=O) groups is 2. The standard InChI is InChI=1S/C16H18ClN3O3/c1-4-18-14(21)9-23-16(22)12-5-7-13(8-6-12)20-11(3)15(17)10(2)19-20/h5-8H,4,9H2,1-3H3,(H,18,21). The molecule has 1 amide bonds. The fourth-order valence-electron chi connectivity index (χ4n) is 2.08. The second-order valence-corrected chi connectivity index (χ2v) is 5.35. The van der Waals surface area contributed by atoms with E-state index in [1.165, 1.54) is 0 Å². The van der Waals surface area contributed by atoms with Crippen LogP contribution in [0.25, 0.3) is 5.69 Å². The van der Waals surface area contributed by atoms with Crippen molar-refractivity contribution in [3.8, 4) is 5.69 Å². The Balaban J connectivity index is 2.08. The lowest BCUT2D eigenvalue weighted by Gasteiger charge is -2.07. The van der Waals surface area contributed by atoms with Gasteiger partial charge in [-0.2, -0.15) is 5.10 Å². The molecule has 0 aliphatic heterocycles. The fourth-order valence-corrected chi connectivity index (χ4v) is 2.19. The van der Waals surface area contributed by atoms with Gasteiger partial charge >= 0.3 is 5.97 Å². The van der Waals surface area contributed by atoms with Crippen LogP contribution >= 0.6 is 11.6 Å². The number of esters is 1. The molecular weight excluding hydrogens is 318 g/mol. The second-order valence-electron chi connectivity index (χ2n) is 4.97. The van der Waals surface area contributed by atoms with E-state index >= 15 is 0 Å². The van der Waals surface area contributed by atoms with Gasteiger partial charge in [-0.1, -0.05) is 11.6 Å². The molecule has 0 spiro atoms. The fraction of sp³-hybridized carbons (Fsp3) is 0.312. The third-order valence-electron chi connectivity index (χ3n) is 3.26. The van der Waals surface area contributed by atoms with E-state index in [9.17, 15) is 9.59 Å². The Labute approximate surface area is 139 Å². The lowest BCUT2D eigenvalue weighted by molar-refractivity contribution is -0.124. The van der Waals surface area contributed by atoms with Crippen molar-refractivity contribution >= 4 is 23.5 Å². The van der Waals surface area contributed by atoms with Gasteiger partial charge in [0.2, 0.25) is 0 Å². The number of carbonyl (C=O) groups excluding carboxylic acids is 2. The summed E-state index contributed by atoms with van der Waals surface area (Å²) in [7, 11) is 0. The molecule has 2 rings (SSSR count). The zero-order chi connectivity index (χ0) is 17.0. The van der Waals surface area contributed by atoms with Crippen LogP contribution in [0.3, 0.4) is 0 Å². The van der Waals surface area contributed by atoms with E-state index in [-0.39, 0.29) is 12.5 Å². The van der Waals surface area contributed by atoms with Crippen molar-refractivity contribution in [1.29, 1.82) is 0 Å². The number of hydrogen-bond donors (Lipinski definition) is 1. The molecule has 7 heteroatoms. The molecular formula is C16H18ClN3O3. The topological polar surface area (TPSA) is 73.2 Å².